The highest BCUT2D eigenvalue weighted by atomic mass is 32.2. The van der Waals surface area contributed by atoms with Gasteiger partial charge in [0, 0.05) is 18.7 Å². The smallest absolute Gasteiger partial charge is 0.335 e. The Labute approximate surface area is 174 Å². The van der Waals surface area contributed by atoms with Gasteiger partial charge in [-0.2, -0.15) is 0 Å². The Morgan fingerprint density at radius 2 is 2.07 bits per heavy atom. The molecule has 2 N–H and O–H groups in total. The van der Waals surface area contributed by atoms with E-state index in [0.717, 1.165) is 23.9 Å². The largest absolute Gasteiger partial charge is 0.504 e. The third kappa shape index (κ3) is 4.10. The van der Waals surface area contributed by atoms with Gasteiger partial charge in [-0.15, -0.1) is 0 Å². The zero-order valence-electron chi connectivity index (χ0n) is 15.7. The summed E-state index contributed by atoms with van der Waals surface area (Å²) in [6, 6.07) is 8.13. The number of aliphatic imine (C=N–C) groups is 1. The van der Waals surface area contributed by atoms with Crippen LogP contribution < -0.4 is 4.74 Å². The maximum Gasteiger partial charge on any atom is 0.335 e. The van der Waals surface area contributed by atoms with Crippen LogP contribution in [0.5, 0.6) is 11.5 Å². The number of methoxy groups -OCH3 is 1. The molecule has 0 aromatic heterocycles. The monoisotopic (exact) mass is 429 g/mol. The van der Waals surface area contributed by atoms with Gasteiger partial charge in [0.15, 0.2) is 16.7 Å². The van der Waals surface area contributed by atoms with Gasteiger partial charge in [0.05, 0.1) is 34.3 Å². The normalized spacial score (nSPS) is 16.3. The van der Waals surface area contributed by atoms with Crippen LogP contribution in [0.1, 0.15) is 15.9 Å². The number of carbonyl (C=O) groups excluding carboxylic acids is 1. The molecule has 0 aliphatic carbocycles. The maximum absolute atomic E-state index is 12.6. The molecule has 0 radical (unpaired) electrons. The van der Waals surface area contributed by atoms with E-state index in [2.05, 4.69) is 4.99 Å². The van der Waals surface area contributed by atoms with Crippen LogP contribution in [0.4, 0.5) is 11.4 Å². The average molecular weight is 429 g/mol. The highest BCUT2D eigenvalue weighted by Gasteiger charge is 2.31. The average Bonchev–Trinajstić information content (AvgIpc) is 2.97. The highest BCUT2D eigenvalue weighted by Crippen LogP contribution is 2.39. The summed E-state index contributed by atoms with van der Waals surface area (Å²) in [5, 5.41) is 30.8. The van der Waals surface area contributed by atoms with Gasteiger partial charge in [-0.3, -0.25) is 19.8 Å². The lowest BCUT2D eigenvalue weighted by molar-refractivity contribution is -0.385. The van der Waals surface area contributed by atoms with Gasteiger partial charge >= 0.3 is 5.97 Å². The molecule has 3 rings (SSSR count). The first-order valence-corrected chi connectivity index (χ1v) is 9.18. The number of nitrogens with zero attached hydrogens (tertiary/aromatic N) is 3. The predicted octanol–water partition coefficient (Wildman–Crippen LogP) is 3.24. The number of thioether (sulfide) groups is 1. The SMILES string of the molecule is COc1cc([N+](=O)[O-])cc(C=C2SC(=Nc3cccc(C(=O)O)c3)N(C)C2=O)c1O. The molecule has 2 aromatic rings. The summed E-state index contributed by atoms with van der Waals surface area (Å²) in [7, 11) is 2.75. The summed E-state index contributed by atoms with van der Waals surface area (Å²) in [6.07, 6.45) is 1.31. The van der Waals surface area contributed by atoms with E-state index >= 15 is 0 Å². The molecular formula is C19H15N3O7S. The summed E-state index contributed by atoms with van der Waals surface area (Å²) >= 11 is 0.985. The number of carboxylic acid groups (broad SMARTS) is 1. The molecule has 10 nitrogen and oxygen atoms in total. The molecule has 0 bridgehead atoms. The third-order valence-electron chi connectivity index (χ3n) is 4.13. The molecule has 0 spiro atoms. The molecule has 1 saturated heterocycles. The van der Waals surface area contributed by atoms with E-state index in [4.69, 9.17) is 9.84 Å². The molecule has 1 fully saturated rings. The van der Waals surface area contributed by atoms with Crippen molar-refractivity contribution in [1.29, 1.82) is 0 Å². The molecule has 1 amide bonds. The van der Waals surface area contributed by atoms with E-state index in [1.165, 1.54) is 43.3 Å². The second-order valence-corrected chi connectivity index (χ2v) is 7.08. The molecule has 0 atom stereocenters. The number of non-ortho nitro benzene ring substituents is 1. The molecule has 1 aliphatic rings. The fraction of sp³-hybridized carbons (Fsp3) is 0.105. The Morgan fingerprint density at radius 3 is 2.70 bits per heavy atom. The molecular weight excluding hydrogens is 414 g/mol. The first-order chi connectivity index (χ1) is 14.2. The fourth-order valence-electron chi connectivity index (χ4n) is 2.60. The second-order valence-electron chi connectivity index (χ2n) is 6.07. The second kappa shape index (κ2) is 8.25. The number of aromatic carboxylic acids is 1. The van der Waals surface area contributed by atoms with Crippen molar-refractivity contribution in [1.82, 2.24) is 4.90 Å². The molecule has 0 saturated carbocycles. The van der Waals surface area contributed by atoms with E-state index in [9.17, 15) is 24.8 Å². The Morgan fingerprint density at radius 1 is 1.33 bits per heavy atom. The van der Waals surface area contributed by atoms with Gasteiger partial charge in [0.1, 0.15) is 0 Å². The fourth-order valence-corrected chi connectivity index (χ4v) is 3.57. The molecule has 0 unspecified atom stereocenters. The number of amides is 1. The number of ether oxygens (including phenoxy) is 1. The van der Waals surface area contributed by atoms with Crippen LogP contribution in [-0.2, 0) is 4.79 Å². The molecule has 1 aliphatic heterocycles. The minimum absolute atomic E-state index is 0.0411. The van der Waals surface area contributed by atoms with Crippen LogP contribution in [0.3, 0.4) is 0 Å². The van der Waals surface area contributed by atoms with Gasteiger partial charge in [-0.25, -0.2) is 9.79 Å². The minimum Gasteiger partial charge on any atom is -0.504 e. The molecule has 11 heteroatoms. The molecule has 154 valence electrons. The van der Waals surface area contributed by atoms with Gasteiger partial charge in [-0.1, -0.05) is 6.07 Å². The third-order valence-corrected chi connectivity index (χ3v) is 5.19. The zero-order chi connectivity index (χ0) is 22.0. The van der Waals surface area contributed by atoms with Crippen LogP contribution in [0.2, 0.25) is 0 Å². The maximum atomic E-state index is 12.6. The molecule has 30 heavy (non-hydrogen) atoms. The lowest BCUT2D eigenvalue weighted by Crippen LogP contribution is -2.23. The van der Waals surface area contributed by atoms with E-state index in [1.54, 1.807) is 6.07 Å². The lowest BCUT2D eigenvalue weighted by Gasteiger charge is -2.07. The minimum atomic E-state index is -1.10. The van der Waals surface area contributed by atoms with Gasteiger partial charge < -0.3 is 14.9 Å². The van der Waals surface area contributed by atoms with Gasteiger partial charge in [0.2, 0.25) is 0 Å². The van der Waals surface area contributed by atoms with Crippen molar-refractivity contribution >= 4 is 46.3 Å². The number of aromatic hydroxyl groups is 1. The zero-order valence-corrected chi connectivity index (χ0v) is 16.5. The van der Waals surface area contributed by atoms with Crippen molar-refractivity contribution in [3.05, 3.63) is 62.5 Å². The van der Waals surface area contributed by atoms with E-state index in [0.29, 0.717) is 5.69 Å². The quantitative estimate of drug-likeness (QED) is 0.419. The number of amidine groups is 1. The Balaban J connectivity index is 2.00. The van der Waals surface area contributed by atoms with Crippen LogP contribution in [0.25, 0.3) is 6.08 Å². The number of nitro benzene ring substituents is 1. The predicted molar refractivity (Wildman–Crippen MR) is 110 cm³/mol. The van der Waals surface area contributed by atoms with Crippen molar-refractivity contribution in [2.24, 2.45) is 4.99 Å². The number of phenolic OH excluding ortho intramolecular Hbond substituents is 1. The Bertz CT molecular complexity index is 1130. The van der Waals surface area contributed by atoms with Crippen LogP contribution >= 0.6 is 11.8 Å². The summed E-state index contributed by atoms with van der Waals surface area (Å²) in [6.45, 7) is 0. The lowest BCUT2D eigenvalue weighted by atomic mass is 10.1. The number of hydrogen-bond acceptors (Lipinski definition) is 8. The molecule has 1 heterocycles. The Kier molecular flexibility index (Phi) is 5.74. The molecule has 2 aromatic carbocycles. The Hall–Kier alpha value is -3.86. The number of likely N-dealkylation sites (N-methyl/N-ethyl adjacent to an activating group) is 1. The number of benzene rings is 2. The van der Waals surface area contributed by atoms with Crippen molar-refractivity contribution in [2.75, 3.05) is 14.2 Å². The number of carboxylic acids is 1. The van der Waals surface area contributed by atoms with Gasteiger partial charge in [0.25, 0.3) is 11.6 Å². The van der Waals surface area contributed by atoms with Crippen LogP contribution in [0, 0.1) is 10.1 Å². The summed E-state index contributed by atoms with van der Waals surface area (Å²) in [4.78, 5) is 39.9. The number of carbonyl (C=O) groups is 2. The van der Waals surface area contributed by atoms with Gasteiger partial charge in [-0.05, 0) is 36.0 Å². The topological polar surface area (TPSA) is 143 Å². The summed E-state index contributed by atoms with van der Waals surface area (Å²) < 4.78 is 4.96. The first-order valence-electron chi connectivity index (χ1n) is 8.36. The standard InChI is InChI=1S/C19H15N3O7S/c1-21-17(24)15(8-11-7-13(22(27)28)9-14(29-2)16(11)23)30-19(21)20-12-5-3-4-10(6-12)18(25)26/h3-9,23H,1-2H3,(H,25,26). The first kappa shape index (κ1) is 20.9. The van der Waals surface area contributed by atoms with Crippen molar-refractivity contribution in [3.63, 3.8) is 0 Å². The van der Waals surface area contributed by atoms with Crippen molar-refractivity contribution in [3.8, 4) is 11.5 Å². The number of rotatable bonds is 5. The van der Waals surface area contributed by atoms with E-state index in [-0.39, 0.29) is 38.4 Å². The van der Waals surface area contributed by atoms with Crippen molar-refractivity contribution < 1.29 is 29.5 Å². The highest BCUT2D eigenvalue weighted by molar-refractivity contribution is 8.18. The summed E-state index contributed by atoms with van der Waals surface area (Å²) in [5.41, 5.74) is 0.135. The van der Waals surface area contributed by atoms with Crippen molar-refractivity contribution in [2.45, 2.75) is 0 Å². The number of phenols is 1. The van der Waals surface area contributed by atoms with E-state index < -0.39 is 16.8 Å². The number of hydrogen-bond donors (Lipinski definition) is 2. The summed E-state index contributed by atoms with van der Waals surface area (Å²) in [5.74, 6) is -1.97. The van der Waals surface area contributed by atoms with Crippen LogP contribution in [-0.4, -0.2) is 51.2 Å². The van der Waals surface area contributed by atoms with E-state index in [1.807, 2.05) is 0 Å². The number of nitro groups is 1. The van der Waals surface area contributed by atoms with Crippen LogP contribution in [0.15, 0.2) is 46.3 Å².